The molecule has 86 valence electrons. The standard InChI is InChI=1S/C12H16N2O2/c1-4-9(3)14-11-7-6-10(8-13-11)12(15)16-5-2/h4,6-9H,1,5H2,2-3H3,(H,13,14). The van der Waals surface area contributed by atoms with Crippen molar-refractivity contribution < 1.29 is 9.53 Å². The monoisotopic (exact) mass is 220 g/mol. The van der Waals surface area contributed by atoms with Gasteiger partial charge >= 0.3 is 5.97 Å². The lowest BCUT2D eigenvalue weighted by molar-refractivity contribution is 0.0526. The number of pyridine rings is 1. The summed E-state index contributed by atoms with van der Waals surface area (Å²) in [5.74, 6) is 0.360. The Morgan fingerprint density at radius 2 is 2.44 bits per heavy atom. The first-order chi connectivity index (χ1) is 7.67. The second kappa shape index (κ2) is 5.90. The van der Waals surface area contributed by atoms with Crippen molar-refractivity contribution in [3.8, 4) is 0 Å². The average Bonchev–Trinajstić information content (AvgIpc) is 2.30. The summed E-state index contributed by atoms with van der Waals surface area (Å²) in [6, 6.07) is 3.57. The molecule has 1 N–H and O–H groups in total. The van der Waals surface area contributed by atoms with Gasteiger partial charge < -0.3 is 10.1 Å². The topological polar surface area (TPSA) is 51.2 Å². The Morgan fingerprint density at radius 3 is 2.94 bits per heavy atom. The molecule has 0 saturated heterocycles. The minimum atomic E-state index is -0.349. The fraction of sp³-hybridized carbons (Fsp3) is 0.333. The molecule has 16 heavy (non-hydrogen) atoms. The van der Waals surface area contributed by atoms with E-state index in [0.717, 1.165) is 0 Å². The van der Waals surface area contributed by atoms with E-state index in [-0.39, 0.29) is 12.0 Å². The van der Waals surface area contributed by atoms with E-state index in [9.17, 15) is 4.79 Å². The van der Waals surface area contributed by atoms with E-state index in [1.165, 1.54) is 6.20 Å². The summed E-state index contributed by atoms with van der Waals surface area (Å²) in [5, 5.41) is 3.11. The number of rotatable bonds is 5. The summed E-state index contributed by atoms with van der Waals surface area (Å²) in [7, 11) is 0. The Morgan fingerprint density at radius 1 is 1.69 bits per heavy atom. The fourth-order valence-electron chi connectivity index (χ4n) is 1.11. The second-order valence-electron chi connectivity index (χ2n) is 3.32. The van der Waals surface area contributed by atoms with Crippen molar-refractivity contribution in [3.63, 3.8) is 0 Å². The summed E-state index contributed by atoms with van der Waals surface area (Å²) in [5.41, 5.74) is 0.457. The van der Waals surface area contributed by atoms with Crippen LogP contribution in [0, 0.1) is 0 Å². The lowest BCUT2D eigenvalue weighted by atomic mass is 10.2. The summed E-state index contributed by atoms with van der Waals surface area (Å²) in [6.07, 6.45) is 3.27. The summed E-state index contributed by atoms with van der Waals surface area (Å²) < 4.78 is 4.85. The van der Waals surface area contributed by atoms with Crippen LogP contribution in [-0.4, -0.2) is 23.6 Å². The molecule has 4 nitrogen and oxygen atoms in total. The van der Waals surface area contributed by atoms with Crippen molar-refractivity contribution in [1.29, 1.82) is 0 Å². The number of ether oxygens (including phenoxy) is 1. The van der Waals surface area contributed by atoms with Crippen molar-refractivity contribution >= 4 is 11.8 Å². The van der Waals surface area contributed by atoms with Crippen LogP contribution in [0.4, 0.5) is 5.82 Å². The van der Waals surface area contributed by atoms with Gasteiger partial charge in [-0.1, -0.05) is 6.08 Å². The Balaban J connectivity index is 2.67. The van der Waals surface area contributed by atoms with Gasteiger partial charge in [0.1, 0.15) is 5.82 Å². The highest BCUT2D eigenvalue weighted by Gasteiger charge is 2.06. The maximum atomic E-state index is 11.3. The maximum absolute atomic E-state index is 11.3. The lowest BCUT2D eigenvalue weighted by Crippen LogP contribution is -2.13. The number of esters is 1. The Bertz CT molecular complexity index is 360. The third-order valence-electron chi connectivity index (χ3n) is 2.00. The maximum Gasteiger partial charge on any atom is 0.339 e. The molecule has 1 aromatic rings. The molecule has 4 heteroatoms. The highest BCUT2D eigenvalue weighted by atomic mass is 16.5. The van der Waals surface area contributed by atoms with E-state index < -0.39 is 0 Å². The molecule has 0 saturated carbocycles. The molecule has 1 atom stereocenters. The zero-order valence-electron chi connectivity index (χ0n) is 9.56. The molecule has 0 bridgehead atoms. The van der Waals surface area contributed by atoms with Crippen LogP contribution in [0.2, 0.25) is 0 Å². The molecule has 1 rings (SSSR count). The molecule has 0 aromatic carbocycles. The molecule has 0 amide bonds. The Kier molecular flexibility index (Phi) is 4.51. The van der Waals surface area contributed by atoms with Crippen molar-refractivity contribution in [2.45, 2.75) is 19.9 Å². The van der Waals surface area contributed by atoms with Gasteiger partial charge in [0.2, 0.25) is 0 Å². The lowest BCUT2D eigenvalue weighted by Gasteiger charge is -2.09. The van der Waals surface area contributed by atoms with E-state index in [2.05, 4.69) is 16.9 Å². The van der Waals surface area contributed by atoms with Crippen LogP contribution in [0.3, 0.4) is 0 Å². The third-order valence-corrected chi connectivity index (χ3v) is 2.00. The largest absolute Gasteiger partial charge is 0.462 e. The first-order valence-electron chi connectivity index (χ1n) is 5.19. The summed E-state index contributed by atoms with van der Waals surface area (Å²) >= 11 is 0. The number of hydrogen-bond donors (Lipinski definition) is 1. The molecule has 1 aromatic heterocycles. The van der Waals surface area contributed by atoms with Crippen LogP contribution < -0.4 is 5.32 Å². The minimum Gasteiger partial charge on any atom is -0.462 e. The minimum absolute atomic E-state index is 0.140. The van der Waals surface area contributed by atoms with Gasteiger partial charge in [0.05, 0.1) is 12.2 Å². The number of aromatic nitrogens is 1. The van der Waals surface area contributed by atoms with Crippen LogP contribution >= 0.6 is 0 Å². The van der Waals surface area contributed by atoms with Crippen molar-refractivity contribution in [2.75, 3.05) is 11.9 Å². The highest BCUT2D eigenvalue weighted by Crippen LogP contribution is 2.07. The van der Waals surface area contributed by atoms with Crippen molar-refractivity contribution in [3.05, 3.63) is 36.5 Å². The molecule has 0 spiro atoms. The van der Waals surface area contributed by atoms with Gasteiger partial charge in [-0.15, -0.1) is 6.58 Å². The molecule has 0 fully saturated rings. The number of carbonyl (C=O) groups is 1. The molecule has 0 aliphatic heterocycles. The zero-order chi connectivity index (χ0) is 12.0. The molecule has 0 aliphatic carbocycles. The first-order valence-corrected chi connectivity index (χ1v) is 5.19. The summed E-state index contributed by atoms with van der Waals surface area (Å²) in [6.45, 7) is 7.77. The van der Waals surface area contributed by atoms with E-state index in [1.807, 2.05) is 6.92 Å². The van der Waals surface area contributed by atoms with Crippen LogP contribution in [0.1, 0.15) is 24.2 Å². The number of anilines is 1. The van der Waals surface area contributed by atoms with E-state index >= 15 is 0 Å². The van der Waals surface area contributed by atoms with Gasteiger partial charge in [-0.3, -0.25) is 0 Å². The predicted molar refractivity (Wildman–Crippen MR) is 63.5 cm³/mol. The SMILES string of the molecule is C=CC(C)Nc1ccc(C(=O)OCC)cn1. The van der Waals surface area contributed by atoms with Crippen LogP contribution in [0.15, 0.2) is 31.0 Å². The zero-order valence-corrected chi connectivity index (χ0v) is 9.56. The molecule has 1 unspecified atom stereocenters. The average molecular weight is 220 g/mol. The Hall–Kier alpha value is -1.84. The predicted octanol–water partition coefficient (Wildman–Crippen LogP) is 2.24. The molecular weight excluding hydrogens is 204 g/mol. The summed E-state index contributed by atoms with van der Waals surface area (Å²) in [4.78, 5) is 15.4. The molecular formula is C12H16N2O2. The van der Waals surface area contributed by atoms with Gasteiger partial charge in [-0.25, -0.2) is 9.78 Å². The van der Waals surface area contributed by atoms with Crippen LogP contribution in [0.5, 0.6) is 0 Å². The van der Waals surface area contributed by atoms with Crippen molar-refractivity contribution in [2.24, 2.45) is 0 Å². The van der Waals surface area contributed by atoms with Crippen LogP contribution in [0.25, 0.3) is 0 Å². The quantitative estimate of drug-likeness (QED) is 0.610. The Labute approximate surface area is 95.3 Å². The molecule has 0 aliphatic rings. The molecule has 0 radical (unpaired) electrons. The number of nitrogens with zero attached hydrogens (tertiary/aromatic N) is 1. The van der Waals surface area contributed by atoms with Gasteiger partial charge in [0.15, 0.2) is 0 Å². The van der Waals surface area contributed by atoms with Gasteiger partial charge in [0, 0.05) is 12.2 Å². The number of carbonyl (C=O) groups excluding carboxylic acids is 1. The van der Waals surface area contributed by atoms with E-state index in [4.69, 9.17) is 4.74 Å². The van der Waals surface area contributed by atoms with E-state index in [0.29, 0.717) is 18.0 Å². The normalized spacial score (nSPS) is 11.6. The van der Waals surface area contributed by atoms with Crippen LogP contribution in [-0.2, 0) is 4.74 Å². The third kappa shape index (κ3) is 3.38. The van der Waals surface area contributed by atoms with Crippen molar-refractivity contribution in [1.82, 2.24) is 4.98 Å². The first kappa shape index (κ1) is 12.2. The number of nitrogens with one attached hydrogen (secondary N) is 1. The number of hydrogen-bond acceptors (Lipinski definition) is 4. The van der Waals surface area contributed by atoms with Gasteiger partial charge in [-0.05, 0) is 26.0 Å². The fourth-order valence-corrected chi connectivity index (χ4v) is 1.11. The highest BCUT2D eigenvalue weighted by molar-refractivity contribution is 5.89. The second-order valence-corrected chi connectivity index (χ2v) is 3.32. The van der Waals surface area contributed by atoms with E-state index in [1.54, 1.807) is 25.1 Å². The van der Waals surface area contributed by atoms with Gasteiger partial charge in [0.25, 0.3) is 0 Å². The molecule has 1 heterocycles. The van der Waals surface area contributed by atoms with Gasteiger partial charge in [-0.2, -0.15) is 0 Å². The smallest absolute Gasteiger partial charge is 0.339 e.